The van der Waals surface area contributed by atoms with E-state index >= 15 is 0 Å². The molecule has 0 unspecified atom stereocenters. The minimum atomic E-state index is -0.180. The van der Waals surface area contributed by atoms with Gasteiger partial charge >= 0.3 is 0 Å². The second-order valence-electron chi connectivity index (χ2n) is 4.89. The first-order valence-corrected chi connectivity index (χ1v) is 6.95. The number of anilines is 1. The Labute approximate surface area is 132 Å². The molecule has 7 nitrogen and oxygen atoms in total. The SMILES string of the molecule is COc1ccc(C(=O)Nc2ccc(-c3nnnn3C)cc2)cc1. The zero-order valence-electron chi connectivity index (χ0n) is 12.7. The molecule has 116 valence electrons. The average Bonchev–Trinajstić information content (AvgIpc) is 3.01. The number of hydrogen-bond donors (Lipinski definition) is 1. The lowest BCUT2D eigenvalue weighted by molar-refractivity contribution is 0.102. The summed E-state index contributed by atoms with van der Waals surface area (Å²) in [6.45, 7) is 0. The van der Waals surface area contributed by atoms with Gasteiger partial charge in [0.15, 0.2) is 5.82 Å². The van der Waals surface area contributed by atoms with Crippen LogP contribution in [0, 0.1) is 0 Å². The standard InChI is InChI=1S/C16H15N5O2/c1-21-15(18-19-20-21)11-3-7-13(8-4-11)17-16(22)12-5-9-14(23-2)10-6-12/h3-10H,1-2H3,(H,17,22). The van der Waals surface area contributed by atoms with E-state index in [9.17, 15) is 4.79 Å². The van der Waals surface area contributed by atoms with Gasteiger partial charge in [0.05, 0.1) is 7.11 Å². The van der Waals surface area contributed by atoms with Crippen LogP contribution in [0.5, 0.6) is 5.75 Å². The maximum absolute atomic E-state index is 12.2. The summed E-state index contributed by atoms with van der Waals surface area (Å²) in [6.07, 6.45) is 0. The third-order valence-corrected chi connectivity index (χ3v) is 3.37. The van der Waals surface area contributed by atoms with Gasteiger partial charge in [-0.15, -0.1) is 5.10 Å². The van der Waals surface area contributed by atoms with Crippen molar-refractivity contribution < 1.29 is 9.53 Å². The molecule has 0 spiro atoms. The highest BCUT2D eigenvalue weighted by molar-refractivity contribution is 6.04. The number of carbonyl (C=O) groups excluding carboxylic acids is 1. The van der Waals surface area contributed by atoms with E-state index in [4.69, 9.17) is 4.74 Å². The molecule has 0 bridgehead atoms. The van der Waals surface area contributed by atoms with Crippen LogP contribution in [-0.2, 0) is 7.05 Å². The maximum Gasteiger partial charge on any atom is 0.255 e. The lowest BCUT2D eigenvalue weighted by atomic mass is 10.1. The number of amides is 1. The Hall–Kier alpha value is -3.22. The van der Waals surface area contributed by atoms with Crippen molar-refractivity contribution >= 4 is 11.6 Å². The van der Waals surface area contributed by atoms with Gasteiger partial charge in [-0.25, -0.2) is 4.68 Å². The fourth-order valence-corrected chi connectivity index (χ4v) is 2.12. The van der Waals surface area contributed by atoms with Crippen molar-refractivity contribution in [1.29, 1.82) is 0 Å². The van der Waals surface area contributed by atoms with Gasteiger partial charge in [-0.3, -0.25) is 4.79 Å². The predicted molar refractivity (Wildman–Crippen MR) is 85.2 cm³/mol. The van der Waals surface area contributed by atoms with Crippen LogP contribution in [0.25, 0.3) is 11.4 Å². The molecule has 3 rings (SSSR count). The van der Waals surface area contributed by atoms with Gasteiger partial charge in [0.25, 0.3) is 5.91 Å². The summed E-state index contributed by atoms with van der Waals surface area (Å²) < 4.78 is 6.66. The summed E-state index contributed by atoms with van der Waals surface area (Å²) in [6, 6.07) is 14.3. The van der Waals surface area contributed by atoms with Gasteiger partial charge < -0.3 is 10.1 Å². The van der Waals surface area contributed by atoms with Crippen molar-refractivity contribution in [1.82, 2.24) is 20.2 Å². The molecule has 0 radical (unpaired) electrons. The minimum Gasteiger partial charge on any atom is -0.497 e. The summed E-state index contributed by atoms with van der Waals surface area (Å²) in [4.78, 5) is 12.2. The molecule has 0 aliphatic carbocycles. The highest BCUT2D eigenvalue weighted by Crippen LogP contribution is 2.19. The molecule has 1 amide bonds. The molecule has 0 atom stereocenters. The first-order valence-electron chi connectivity index (χ1n) is 6.95. The van der Waals surface area contributed by atoms with Gasteiger partial charge in [-0.2, -0.15) is 0 Å². The Morgan fingerprint density at radius 2 is 1.78 bits per heavy atom. The monoisotopic (exact) mass is 309 g/mol. The summed E-state index contributed by atoms with van der Waals surface area (Å²) in [5.74, 6) is 1.20. The molecule has 7 heteroatoms. The molecule has 23 heavy (non-hydrogen) atoms. The lowest BCUT2D eigenvalue weighted by Crippen LogP contribution is -2.11. The quantitative estimate of drug-likeness (QED) is 0.798. The van der Waals surface area contributed by atoms with Crippen LogP contribution < -0.4 is 10.1 Å². The fourth-order valence-electron chi connectivity index (χ4n) is 2.12. The van der Waals surface area contributed by atoms with Gasteiger partial charge in [0.1, 0.15) is 5.75 Å². The smallest absolute Gasteiger partial charge is 0.255 e. The van der Waals surface area contributed by atoms with Gasteiger partial charge in [0, 0.05) is 23.9 Å². The highest BCUT2D eigenvalue weighted by Gasteiger charge is 2.08. The number of nitrogens with one attached hydrogen (secondary N) is 1. The molecule has 1 N–H and O–H groups in total. The van der Waals surface area contributed by atoms with Crippen LogP contribution in [-0.4, -0.2) is 33.2 Å². The number of nitrogens with zero attached hydrogens (tertiary/aromatic N) is 4. The van der Waals surface area contributed by atoms with Crippen LogP contribution in [0.1, 0.15) is 10.4 Å². The van der Waals surface area contributed by atoms with Crippen molar-refractivity contribution in [3.63, 3.8) is 0 Å². The van der Waals surface area contributed by atoms with E-state index < -0.39 is 0 Å². The number of methoxy groups -OCH3 is 1. The molecule has 0 aliphatic rings. The number of ether oxygens (including phenoxy) is 1. The molecule has 1 heterocycles. The van der Waals surface area contributed by atoms with Crippen LogP contribution >= 0.6 is 0 Å². The van der Waals surface area contributed by atoms with Crippen molar-refractivity contribution in [2.45, 2.75) is 0 Å². The number of aromatic nitrogens is 4. The normalized spacial score (nSPS) is 10.3. The molecule has 1 aromatic heterocycles. The van der Waals surface area contributed by atoms with Gasteiger partial charge in [-0.1, -0.05) is 0 Å². The first kappa shape index (κ1) is 14.7. The summed E-state index contributed by atoms with van der Waals surface area (Å²) in [5.41, 5.74) is 2.14. The largest absolute Gasteiger partial charge is 0.497 e. The zero-order valence-corrected chi connectivity index (χ0v) is 12.7. The van der Waals surface area contributed by atoms with Crippen molar-refractivity contribution in [3.05, 3.63) is 54.1 Å². The Morgan fingerprint density at radius 3 is 2.35 bits per heavy atom. The molecule has 0 saturated carbocycles. The van der Waals surface area contributed by atoms with Crippen molar-refractivity contribution in [2.24, 2.45) is 7.05 Å². The summed E-state index contributed by atoms with van der Waals surface area (Å²) in [5, 5.41) is 14.2. The fraction of sp³-hybridized carbons (Fsp3) is 0.125. The Balaban J connectivity index is 1.72. The summed E-state index contributed by atoms with van der Waals surface area (Å²) >= 11 is 0. The molecule has 0 fully saturated rings. The molecule has 2 aromatic carbocycles. The lowest BCUT2D eigenvalue weighted by Gasteiger charge is -2.07. The van der Waals surface area contributed by atoms with E-state index in [2.05, 4.69) is 20.8 Å². The molecular formula is C16H15N5O2. The van der Waals surface area contributed by atoms with Crippen LogP contribution in [0.3, 0.4) is 0 Å². The van der Waals surface area contributed by atoms with E-state index in [0.29, 0.717) is 22.8 Å². The highest BCUT2D eigenvalue weighted by atomic mass is 16.5. The van der Waals surface area contributed by atoms with Crippen LogP contribution in [0.4, 0.5) is 5.69 Å². The number of aryl methyl sites for hydroxylation is 1. The number of rotatable bonds is 4. The van der Waals surface area contributed by atoms with Gasteiger partial charge in [-0.05, 0) is 59.0 Å². The van der Waals surface area contributed by atoms with Crippen LogP contribution in [0.15, 0.2) is 48.5 Å². The van der Waals surface area contributed by atoms with E-state index in [-0.39, 0.29) is 5.91 Å². The summed E-state index contributed by atoms with van der Waals surface area (Å²) in [7, 11) is 3.36. The zero-order chi connectivity index (χ0) is 16.2. The second-order valence-corrected chi connectivity index (χ2v) is 4.89. The van der Waals surface area contributed by atoms with E-state index in [1.165, 1.54) is 0 Å². The minimum absolute atomic E-state index is 0.180. The maximum atomic E-state index is 12.2. The Morgan fingerprint density at radius 1 is 1.09 bits per heavy atom. The average molecular weight is 309 g/mol. The van der Waals surface area contributed by atoms with Crippen LogP contribution in [0.2, 0.25) is 0 Å². The van der Waals surface area contributed by atoms with E-state index in [1.807, 2.05) is 24.3 Å². The third kappa shape index (κ3) is 3.18. The van der Waals surface area contributed by atoms with Gasteiger partial charge in [0.2, 0.25) is 0 Å². The van der Waals surface area contributed by atoms with E-state index in [1.54, 1.807) is 43.1 Å². The third-order valence-electron chi connectivity index (χ3n) is 3.37. The van der Waals surface area contributed by atoms with Crippen molar-refractivity contribution in [3.8, 4) is 17.1 Å². The topological polar surface area (TPSA) is 81.9 Å². The number of tetrazole rings is 1. The second kappa shape index (κ2) is 6.27. The van der Waals surface area contributed by atoms with E-state index in [0.717, 1.165) is 5.56 Å². The molecule has 3 aromatic rings. The number of benzene rings is 2. The Kier molecular flexibility index (Phi) is 4.01. The first-order chi connectivity index (χ1) is 11.2. The number of hydrogen-bond acceptors (Lipinski definition) is 5. The molecular weight excluding hydrogens is 294 g/mol. The predicted octanol–water partition coefficient (Wildman–Crippen LogP) is 2.14. The molecule has 0 saturated heterocycles. The molecule has 0 aliphatic heterocycles. The Bertz CT molecular complexity index is 809. The number of carbonyl (C=O) groups is 1. The van der Waals surface area contributed by atoms with Crippen molar-refractivity contribution in [2.75, 3.05) is 12.4 Å².